The Balaban J connectivity index is 1.64. The minimum atomic E-state index is -1.78. The molecule has 1 saturated carbocycles. The van der Waals surface area contributed by atoms with Crippen molar-refractivity contribution in [2.45, 2.75) is 166 Å². The van der Waals surface area contributed by atoms with Gasteiger partial charge in [0, 0.05) is 37.2 Å². The third-order valence-electron chi connectivity index (χ3n) is 10.3. The molecule has 22 heteroatoms. The molecule has 1 unspecified atom stereocenters. The molecule has 8 N–H and O–H groups in total. The standard InChI is InChI=1S/C42H66N6O16/c1-39(2,3)62-36(52)45-26-17-16-24(19-44-35(51)58-20-22-12-14-23(15-13-22)48(56)57)60-32(26)28-27(46-37(53)63-40(4,5)6)18-25(43)31(29(28)49)61-34-30(50)33(42(10,55)21-59-34)47(11)38(54)64-41(7,8)9/h12-16,25-34,49-50,55H,17-21,43H2,1-11H3,(H,44,51)(H,45,52)(H,46,53)/t25-,26-,27+,28-,29+,30-,31+,32?,33-,34-,42+/m1/s1. The second-order valence-electron chi connectivity index (χ2n) is 19.5. The largest absolute Gasteiger partial charge is 0.491 e. The van der Waals surface area contributed by atoms with Crippen LogP contribution >= 0.6 is 0 Å². The first kappa shape index (κ1) is 51.6. The highest BCUT2D eigenvalue weighted by molar-refractivity contribution is 5.70. The third kappa shape index (κ3) is 14.5. The average Bonchev–Trinajstić information content (AvgIpc) is 3.14. The fourth-order valence-corrected chi connectivity index (χ4v) is 7.66. The molecule has 0 bridgehead atoms. The Kier molecular flexibility index (Phi) is 16.5. The Bertz CT molecular complexity index is 1840. The van der Waals surface area contributed by atoms with Crippen LogP contribution in [0.1, 0.15) is 87.6 Å². The van der Waals surface area contributed by atoms with E-state index >= 15 is 0 Å². The quantitative estimate of drug-likeness (QED) is 0.0953. The topological polar surface area (TPSA) is 302 Å². The van der Waals surface area contributed by atoms with Crippen LogP contribution in [0.4, 0.5) is 24.9 Å². The van der Waals surface area contributed by atoms with E-state index in [4.69, 9.17) is 38.9 Å². The lowest BCUT2D eigenvalue weighted by atomic mass is 9.72. The number of amides is 4. The number of benzene rings is 1. The van der Waals surface area contributed by atoms with E-state index in [1.165, 1.54) is 38.2 Å². The summed E-state index contributed by atoms with van der Waals surface area (Å²) in [5.41, 5.74) is 2.56. The third-order valence-corrected chi connectivity index (χ3v) is 10.3. The number of nitrogens with one attached hydrogen (secondary N) is 3. The zero-order chi connectivity index (χ0) is 48.1. The van der Waals surface area contributed by atoms with E-state index in [1.807, 2.05) is 0 Å². The molecule has 1 saturated heterocycles. The average molecular weight is 911 g/mol. The molecule has 64 heavy (non-hydrogen) atoms. The number of nitro groups is 1. The number of alkyl carbamates (subject to hydrolysis) is 3. The zero-order valence-corrected chi connectivity index (χ0v) is 38.3. The van der Waals surface area contributed by atoms with Gasteiger partial charge in [-0.3, -0.25) is 10.1 Å². The van der Waals surface area contributed by atoms with Gasteiger partial charge in [-0.25, -0.2) is 19.2 Å². The number of hydrogen-bond acceptors (Lipinski definition) is 17. The number of ether oxygens (including phenoxy) is 7. The first-order valence-corrected chi connectivity index (χ1v) is 21.0. The molecular formula is C42H66N6O16. The van der Waals surface area contributed by atoms with Crippen LogP contribution in [-0.4, -0.2) is 147 Å². The maximum Gasteiger partial charge on any atom is 0.410 e. The second kappa shape index (κ2) is 20.4. The van der Waals surface area contributed by atoms with Gasteiger partial charge in [0.2, 0.25) is 0 Å². The molecular weight excluding hydrogens is 844 g/mol. The molecule has 0 spiro atoms. The minimum absolute atomic E-state index is 0.0707. The van der Waals surface area contributed by atoms with Gasteiger partial charge in [-0.05, 0) is 106 Å². The lowest BCUT2D eigenvalue weighted by molar-refractivity contribution is -0.384. The smallest absolute Gasteiger partial charge is 0.410 e. The van der Waals surface area contributed by atoms with Gasteiger partial charge >= 0.3 is 24.4 Å². The Morgan fingerprint density at radius 1 is 0.906 bits per heavy atom. The molecule has 2 fully saturated rings. The van der Waals surface area contributed by atoms with Crippen LogP contribution in [-0.2, 0) is 39.8 Å². The first-order valence-electron chi connectivity index (χ1n) is 21.0. The van der Waals surface area contributed by atoms with Crippen molar-refractivity contribution in [3.63, 3.8) is 0 Å². The van der Waals surface area contributed by atoms with Gasteiger partial charge in [-0.2, -0.15) is 0 Å². The van der Waals surface area contributed by atoms with Crippen molar-refractivity contribution in [2.24, 2.45) is 11.7 Å². The predicted octanol–water partition coefficient (Wildman–Crippen LogP) is 3.08. The number of hydrogen-bond donors (Lipinski definition) is 7. The summed E-state index contributed by atoms with van der Waals surface area (Å²) in [5.74, 6) is -0.976. The fraction of sp³-hybridized carbons (Fsp3) is 0.714. The van der Waals surface area contributed by atoms with Gasteiger partial charge in [0.1, 0.15) is 53.1 Å². The number of nitrogens with two attached hydrogens (primary N) is 1. The molecule has 4 rings (SSSR count). The van der Waals surface area contributed by atoms with Crippen molar-refractivity contribution in [1.82, 2.24) is 20.9 Å². The fourth-order valence-electron chi connectivity index (χ4n) is 7.66. The van der Waals surface area contributed by atoms with Crippen molar-refractivity contribution in [1.29, 1.82) is 0 Å². The van der Waals surface area contributed by atoms with E-state index in [2.05, 4.69) is 16.0 Å². The van der Waals surface area contributed by atoms with E-state index in [1.54, 1.807) is 68.4 Å². The summed E-state index contributed by atoms with van der Waals surface area (Å²) >= 11 is 0. The van der Waals surface area contributed by atoms with E-state index in [-0.39, 0.29) is 37.4 Å². The number of non-ortho nitro benzene ring substituents is 1. The van der Waals surface area contributed by atoms with Crippen LogP contribution < -0.4 is 21.7 Å². The number of carbonyl (C=O) groups excluding carboxylic acids is 4. The molecule has 0 radical (unpaired) electrons. The molecule has 2 aliphatic heterocycles. The number of rotatable bonds is 11. The van der Waals surface area contributed by atoms with Crippen LogP contribution in [0.2, 0.25) is 0 Å². The highest BCUT2D eigenvalue weighted by Crippen LogP contribution is 2.38. The molecule has 1 aliphatic carbocycles. The summed E-state index contributed by atoms with van der Waals surface area (Å²) in [4.78, 5) is 64.0. The number of carbonyl (C=O) groups is 4. The molecule has 2 heterocycles. The number of nitro benzene ring substituents is 1. The summed E-state index contributed by atoms with van der Waals surface area (Å²) in [6.45, 7) is 15.6. The lowest BCUT2D eigenvalue weighted by Crippen LogP contribution is -2.70. The molecule has 1 aromatic carbocycles. The Morgan fingerprint density at radius 3 is 2.02 bits per heavy atom. The highest BCUT2D eigenvalue weighted by atomic mass is 16.7. The number of nitrogens with zero attached hydrogens (tertiary/aromatic N) is 2. The second-order valence-corrected chi connectivity index (χ2v) is 19.5. The summed E-state index contributed by atoms with van der Waals surface area (Å²) in [5, 5.41) is 54.6. The van der Waals surface area contributed by atoms with Crippen LogP contribution in [0.3, 0.4) is 0 Å². The van der Waals surface area contributed by atoms with Crippen molar-refractivity contribution < 1.29 is 72.6 Å². The molecule has 11 atom stereocenters. The zero-order valence-electron chi connectivity index (χ0n) is 38.3. The summed E-state index contributed by atoms with van der Waals surface area (Å²) in [6, 6.07) is 1.17. The van der Waals surface area contributed by atoms with Gasteiger partial charge in [-0.15, -0.1) is 0 Å². The predicted molar refractivity (Wildman–Crippen MR) is 226 cm³/mol. The van der Waals surface area contributed by atoms with Crippen molar-refractivity contribution in [2.75, 3.05) is 20.2 Å². The Labute approximate surface area is 372 Å². The summed E-state index contributed by atoms with van der Waals surface area (Å²) < 4.78 is 40.4. The van der Waals surface area contributed by atoms with E-state index in [9.17, 15) is 44.6 Å². The van der Waals surface area contributed by atoms with Crippen LogP contribution in [0.5, 0.6) is 0 Å². The van der Waals surface area contributed by atoms with Gasteiger partial charge in [-0.1, -0.05) is 0 Å². The maximum atomic E-state index is 13.3. The van der Waals surface area contributed by atoms with E-state index in [0.717, 1.165) is 4.90 Å². The number of aliphatic hydroxyl groups excluding tert-OH is 2. The van der Waals surface area contributed by atoms with Crippen LogP contribution in [0.15, 0.2) is 36.1 Å². The Morgan fingerprint density at radius 2 is 1.47 bits per heavy atom. The van der Waals surface area contributed by atoms with E-state index < -0.39 is 119 Å². The summed E-state index contributed by atoms with van der Waals surface area (Å²) in [7, 11) is 1.35. The van der Waals surface area contributed by atoms with Crippen LogP contribution in [0, 0.1) is 16.0 Å². The summed E-state index contributed by atoms with van der Waals surface area (Å²) in [6.07, 6.45) is -9.18. The highest BCUT2D eigenvalue weighted by Gasteiger charge is 2.56. The van der Waals surface area contributed by atoms with Gasteiger partial charge in [0.05, 0.1) is 36.3 Å². The van der Waals surface area contributed by atoms with Crippen molar-refractivity contribution >= 4 is 30.1 Å². The normalized spacial score (nSPS) is 29.8. The molecule has 1 aromatic rings. The molecule has 4 amide bonds. The van der Waals surface area contributed by atoms with Gasteiger partial charge < -0.3 is 75.1 Å². The maximum absolute atomic E-state index is 13.3. The first-order chi connectivity index (χ1) is 29.4. The van der Waals surface area contributed by atoms with Crippen molar-refractivity contribution in [3.8, 4) is 0 Å². The molecule has 3 aliphatic rings. The monoisotopic (exact) mass is 910 g/mol. The van der Waals surface area contributed by atoms with E-state index in [0.29, 0.717) is 5.56 Å². The molecule has 0 aromatic heterocycles. The van der Waals surface area contributed by atoms with Crippen LogP contribution in [0.25, 0.3) is 0 Å². The SMILES string of the molecule is CN(C(=O)OC(C)(C)C)[C@@H]1[C@@H](O)[C@@H](O[C@@H]2[C@@H](O)[C@H](C3OC(CNC(=O)OCc4ccc([N+](=O)[O-])cc4)=CC[C@H]3NC(=O)OC(C)(C)C)[C@@H](NC(=O)OC(C)(C)C)C[C@H]2N)OC[C@]1(C)O. The molecule has 360 valence electrons. The molecule has 22 nitrogen and oxygen atoms in total. The van der Waals surface area contributed by atoms with Gasteiger partial charge in [0.15, 0.2) is 6.29 Å². The number of likely N-dealkylation sites (N-methyl/N-ethyl adjacent to an activating group) is 1. The van der Waals surface area contributed by atoms with Gasteiger partial charge in [0.25, 0.3) is 5.69 Å². The number of aliphatic hydroxyl groups is 3. The lowest BCUT2D eigenvalue weighted by Gasteiger charge is -2.51. The van der Waals surface area contributed by atoms with Crippen molar-refractivity contribution in [3.05, 3.63) is 51.8 Å². The minimum Gasteiger partial charge on any atom is -0.491 e. The Hall–Kier alpha value is -5.00.